The van der Waals surface area contributed by atoms with Crippen molar-refractivity contribution in [1.29, 1.82) is 0 Å². The molecule has 3 heterocycles. The number of rotatable bonds is 3. The summed E-state index contributed by atoms with van der Waals surface area (Å²) in [6, 6.07) is 8.23. The van der Waals surface area contributed by atoms with E-state index in [1.54, 1.807) is 0 Å². The highest BCUT2D eigenvalue weighted by atomic mass is 16.2. The summed E-state index contributed by atoms with van der Waals surface area (Å²) in [5, 5.41) is 4.29. The smallest absolute Gasteiger partial charge is 0.244 e. The van der Waals surface area contributed by atoms with Crippen molar-refractivity contribution in [2.75, 3.05) is 24.5 Å². The highest BCUT2D eigenvalue weighted by Gasteiger charge is 2.33. The fraction of sp³-hybridized carbons (Fsp3) is 0.500. The van der Waals surface area contributed by atoms with Crippen LogP contribution < -0.4 is 4.90 Å². The zero-order chi connectivity index (χ0) is 17.4. The lowest BCUT2D eigenvalue weighted by molar-refractivity contribution is -0.123. The van der Waals surface area contributed by atoms with Gasteiger partial charge >= 0.3 is 0 Å². The average molecular weight is 338 g/mol. The zero-order valence-electron chi connectivity index (χ0n) is 15.1. The highest BCUT2D eigenvalue weighted by Crippen LogP contribution is 2.31. The van der Waals surface area contributed by atoms with Gasteiger partial charge in [-0.05, 0) is 62.4 Å². The molecule has 1 aromatic carbocycles. The summed E-state index contributed by atoms with van der Waals surface area (Å²) in [5.41, 5.74) is 3.72. The van der Waals surface area contributed by atoms with Crippen molar-refractivity contribution in [3.63, 3.8) is 0 Å². The van der Waals surface area contributed by atoms with Crippen LogP contribution in [0.2, 0.25) is 0 Å². The van der Waals surface area contributed by atoms with Gasteiger partial charge in [0.1, 0.15) is 0 Å². The van der Waals surface area contributed by atoms with Gasteiger partial charge < -0.3 is 4.90 Å². The number of fused-ring (bicyclic) bond motifs is 1. The maximum atomic E-state index is 13.0. The van der Waals surface area contributed by atoms with E-state index in [2.05, 4.69) is 41.3 Å². The van der Waals surface area contributed by atoms with Crippen LogP contribution in [0, 0.1) is 0 Å². The van der Waals surface area contributed by atoms with E-state index in [1.807, 2.05) is 28.9 Å². The minimum absolute atomic E-state index is 0.0546. The van der Waals surface area contributed by atoms with E-state index in [4.69, 9.17) is 0 Å². The van der Waals surface area contributed by atoms with Crippen LogP contribution in [-0.2, 0) is 18.3 Å². The standard InChI is InChI=1S/C20H26N4O/c1-15(20(25)24-12-9-17-5-3-4-6-19(17)24)23-10-7-16(8-11-23)18-13-21-22(2)14-18/h3-6,13-16H,7-12H2,1-2H3. The molecule has 0 radical (unpaired) electrons. The fourth-order valence-electron chi connectivity index (χ4n) is 4.22. The molecule has 132 valence electrons. The van der Waals surface area contributed by atoms with Crippen molar-refractivity contribution < 1.29 is 4.79 Å². The number of likely N-dealkylation sites (tertiary alicyclic amines) is 1. The Balaban J connectivity index is 1.39. The summed E-state index contributed by atoms with van der Waals surface area (Å²) >= 11 is 0. The lowest BCUT2D eigenvalue weighted by Gasteiger charge is -2.36. The molecule has 2 aliphatic heterocycles. The zero-order valence-corrected chi connectivity index (χ0v) is 15.1. The summed E-state index contributed by atoms with van der Waals surface area (Å²) in [4.78, 5) is 17.4. The maximum Gasteiger partial charge on any atom is 0.244 e. The number of amides is 1. The number of aromatic nitrogens is 2. The molecular formula is C20H26N4O. The van der Waals surface area contributed by atoms with Crippen LogP contribution in [0.4, 0.5) is 5.69 Å². The molecule has 5 nitrogen and oxygen atoms in total. The van der Waals surface area contributed by atoms with Crippen LogP contribution in [-0.4, -0.2) is 46.3 Å². The molecule has 4 rings (SSSR count). The Hall–Kier alpha value is -2.14. The lowest BCUT2D eigenvalue weighted by Crippen LogP contribution is -2.49. The quantitative estimate of drug-likeness (QED) is 0.864. The number of carbonyl (C=O) groups is 1. The number of nitrogens with zero attached hydrogens (tertiary/aromatic N) is 4. The molecule has 0 spiro atoms. The Morgan fingerprint density at radius 1 is 1.20 bits per heavy atom. The SMILES string of the molecule is CC(C(=O)N1CCc2ccccc21)N1CCC(c2cnn(C)c2)CC1. The Morgan fingerprint density at radius 2 is 1.96 bits per heavy atom. The number of piperidine rings is 1. The third-order valence-corrected chi connectivity index (χ3v) is 5.78. The van der Waals surface area contributed by atoms with Crippen LogP contribution in [0.5, 0.6) is 0 Å². The van der Waals surface area contributed by atoms with E-state index in [-0.39, 0.29) is 11.9 Å². The Morgan fingerprint density at radius 3 is 2.68 bits per heavy atom. The molecule has 0 aliphatic carbocycles. The molecule has 1 aromatic heterocycles. The van der Waals surface area contributed by atoms with Crippen molar-refractivity contribution in [1.82, 2.24) is 14.7 Å². The van der Waals surface area contributed by atoms with Crippen molar-refractivity contribution in [3.05, 3.63) is 47.8 Å². The molecule has 5 heteroatoms. The number of hydrogen-bond donors (Lipinski definition) is 0. The van der Waals surface area contributed by atoms with E-state index in [0.717, 1.165) is 44.6 Å². The van der Waals surface area contributed by atoms with Crippen molar-refractivity contribution in [2.24, 2.45) is 7.05 Å². The second-order valence-corrected chi connectivity index (χ2v) is 7.30. The van der Waals surface area contributed by atoms with Crippen molar-refractivity contribution in [3.8, 4) is 0 Å². The molecule has 1 atom stereocenters. The van der Waals surface area contributed by atoms with Crippen LogP contribution in [0.3, 0.4) is 0 Å². The molecule has 0 saturated carbocycles. The first kappa shape index (κ1) is 16.3. The van der Waals surface area contributed by atoms with Gasteiger partial charge in [-0.25, -0.2) is 0 Å². The number of aryl methyl sites for hydroxylation is 1. The lowest BCUT2D eigenvalue weighted by atomic mass is 9.91. The summed E-state index contributed by atoms with van der Waals surface area (Å²) in [5.74, 6) is 0.810. The van der Waals surface area contributed by atoms with Crippen molar-refractivity contribution in [2.45, 2.75) is 38.1 Å². The minimum atomic E-state index is -0.0546. The van der Waals surface area contributed by atoms with Crippen LogP contribution in [0.25, 0.3) is 0 Å². The van der Waals surface area contributed by atoms with E-state index < -0.39 is 0 Å². The predicted octanol–water partition coefficient (Wildman–Crippen LogP) is 2.58. The first-order chi connectivity index (χ1) is 12.1. The summed E-state index contributed by atoms with van der Waals surface area (Å²) in [7, 11) is 1.97. The second-order valence-electron chi connectivity index (χ2n) is 7.30. The third-order valence-electron chi connectivity index (χ3n) is 5.78. The fourth-order valence-corrected chi connectivity index (χ4v) is 4.22. The number of para-hydroxylation sites is 1. The van der Waals surface area contributed by atoms with E-state index in [9.17, 15) is 4.79 Å². The van der Waals surface area contributed by atoms with E-state index in [0.29, 0.717) is 5.92 Å². The molecule has 25 heavy (non-hydrogen) atoms. The van der Waals surface area contributed by atoms with E-state index >= 15 is 0 Å². The Kier molecular flexibility index (Phi) is 4.34. The molecule has 1 fully saturated rings. The topological polar surface area (TPSA) is 41.4 Å². The molecule has 1 saturated heterocycles. The van der Waals surface area contributed by atoms with Gasteiger partial charge in [0.15, 0.2) is 0 Å². The third kappa shape index (κ3) is 3.09. The Bertz CT molecular complexity index is 761. The van der Waals surface area contributed by atoms with E-state index in [1.165, 1.54) is 11.1 Å². The molecule has 1 unspecified atom stereocenters. The first-order valence-corrected chi connectivity index (χ1v) is 9.25. The van der Waals surface area contributed by atoms with Gasteiger partial charge in [-0.15, -0.1) is 0 Å². The predicted molar refractivity (Wildman–Crippen MR) is 98.7 cm³/mol. The van der Waals surface area contributed by atoms with Gasteiger partial charge in [0.05, 0.1) is 12.2 Å². The van der Waals surface area contributed by atoms with Gasteiger partial charge in [-0.3, -0.25) is 14.4 Å². The van der Waals surface area contributed by atoms with Gasteiger partial charge in [0.25, 0.3) is 0 Å². The van der Waals surface area contributed by atoms with Crippen LogP contribution in [0.1, 0.15) is 36.8 Å². The number of carbonyl (C=O) groups excluding carboxylic acids is 1. The summed E-state index contributed by atoms with van der Waals surface area (Å²) in [6.45, 7) is 4.83. The van der Waals surface area contributed by atoms with Gasteiger partial charge in [0.2, 0.25) is 5.91 Å². The number of hydrogen-bond acceptors (Lipinski definition) is 3. The Labute approximate surface area is 149 Å². The molecule has 2 aliphatic rings. The molecule has 0 N–H and O–H groups in total. The normalized spacial score (nSPS) is 19.8. The van der Waals surface area contributed by atoms with Gasteiger partial charge in [-0.1, -0.05) is 18.2 Å². The number of benzene rings is 1. The largest absolute Gasteiger partial charge is 0.310 e. The maximum absolute atomic E-state index is 13.0. The first-order valence-electron chi connectivity index (χ1n) is 9.25. The minimum Gasteiger partial charge on any atom is -0.310 e. The highest BCUT2D eigenvalue weighted by molar-refractivity contribution is 5.98. The molecule has 0 bridgehead atoms. The van der Waals surface area contributed by atoms with Gasteiger partial charge in [-0.2, -0.15) is 5.10 Å². The van der Waals surface area contributed by atoms with Crippen LogP contribution >= 0.6 is 0 Å². The molecular weight excluding hydrogens is 312 g/mol. The van der Waals surface area contributed by atoms with Crippen molar-refractivity contribution >= 4 is 11.6 Å². The summed E-state index contributed by atoms with van der Waals surface area (Å²) < 4.78 is 1.87. The molecule has 2 aromatic rings. The van der Waals surface area contributed by atoms with Crippen LogP contribution in [0.15, 0.2) is 36.7 Å². The summed E-state index contributed by atoms with van der Waals surface area (Å²) in [6.07, 6.45) is 7.27. The molecule has 1 amide bonds. The van der Waals surface area contributed by atoms with Gasteiger partial charge in [0, 0.05) is 25.5 Å². The monoisotopic (exact) mass is 338 g/mol. The second kappa shape index (κ2) is 6.64. The number of anilines is 1. The average Bonchev–Trinajstić information content (AvgIpc) is 3.27.